The average molecular weight is 397 g/mol. The van der Waals surface area contributed by atoms with Crippen LogP contribution < -0.4 is 16.1 Å². The summed E-state index contributed by atoms with van der Waals surface area (Å²) in [5.41, 5.74) is 0.604. The first kappa shape index (κ1) is 19.6. The molecule has 1 aromatic heterocycles. The van der Waals surface area contributed by atoms with Gasteiger partial charge in [0.2, 0.25) is 5.91 Å². The molecule has 154 valence electrons. The van der Waals surface area contributed by atoms with Gasteiger partial charge in [0.05, 0.1) is 11.4 Å². The lowest BCUT2D eigenvalue weighted by atomic mass is 9.97. The molecule has 0 aliphatic carbocycles. The van der Waals surface area contributed by atoms with Gasteiger partial charge >= 0.3 is 0 Å². The molecule has 2 unspecified atom stereocenters. The Bertz CT molecular complexity index is 978. The molecule has 2 atom stereocenters. The molecule has 0 spiro atoms. The van der Waals surface area contributed by atoms with Crippen molar-refractivity contribution in [3.63, 3.8) is 0 Å². The van der Waals surface area contributed by atoms with Gasteiger partial charge in [-0.05, 0) is 57.2 Å². The van der Waals surface area contributed by atoms with Crippen molar-refractivity contribution in [1.29, 1.82) is 0 Å². The lowest BCUT2D eigenvalue weighted by molar-refractivity contribution is -0.123. The highest BCUT2D eigenvalue weighted by Crippen LogP contribution is 2.21. The summed E-state index contributed by atoms with van der Waals surface area (Å²) in [4.78, 5) is 39.7. The molecule has 2 aromatic rings. The number of likely N-dealkylation sites (tertiary alicyclic amines) is 1. The fourth-order valence-corrected chi connectivity index (χ4v) is 4.28. The number of hydrogen-bond donors (Lipinski definition) is 2. The molecule has 2 N–H and O–H groups in total. The van der Waals surface area contributed by atoms with E-state index in [-0.39, 0.29) is 35.0 Å². The Kier molecular flexibility index (Phi) is 5.67. The third kappa shape index (κ3) is 4.05. The molecule has 0 saturated carbocycles. The van der Waals surface area contributed by atoms with Gasteiger partial charge in [-0.1, -0.05) is 12.1 Å². The highest BCUT2D eigenvalue weighted by atomic mass is 16.3. The van der Waals surface area contributed by atoms with E-state index in [1.807, 2.05) is 0 Å². The number of fused-ring (bicyclic) bond motifs is 1. The van der Waals surface area contributed by atoms with Gasteiger partial charge in [-0.2, -0.15) is 0 Å². The van der Waals surface area contributed by atoms with Crippen LogP contribution in [-0.2, 0) is 4.79 Å². The van der Waals surface area contributed by atoms with E-state index in [9.17, 15) is 14.4 Å². The van der Waals surface area contributed by atoms with Gasteiger partial charge in [0.1, 0.15) is 5.58 Å². The number of hydrogen-bond acceptors (Lipinski definition) is 5. The van der Waals surface area contributed by atoms with Gasteiger partial charge in [0, 0.05) is 25.2 Å². The molecule has 2 amide bonds. The topological polar surface area (TPSA) is 91.7 Å². The monoisotopic (exact) mass is 397 g/mol. The van der Waals surface area contributed by atoms with Gasteiger partial charge in [-0.3, -0.25) is 14.4 Å². The van der Waals surface area contributed by atoms with Crippen molar-refractivity contribution in [2.24, 2.45) is 5.92 Å². The van der Waals surface area contributed by atoms with Crippen LogP contribution in [0.3, 0.4) is 0 Å². The third-order valence-electron chi connectivity index (χ3n) is 5.97. The molecule has 2 aliphatic heterocycles. The van der Waals surface area contributed by atoms with Crippen molar-refractivity contribution >= 4 is 22.8 Å². The maximum atomic E-state index is 13.1. The number of carbonyl (C=O) groups is 2. The largest absolute Gasteiger partial charge is 0.450 e. The molecule has 2 saturated heterocycles. The number of nitrogens with one attached hydrogen (secondary N) is 2. The van der Waals surface area contributed by atoms with Crippen LogP contribution in [0.2, 0.25) is 0 Å². The minimum atomic E-state index is -0.251. The number of amides is 2. The summed E-state index contributed by atoms with van der Waals surface area (Å²) in [6.45, 7) is 4.26. The van der Waals surface area contributed by atoms with Gasteiger partial charge < -0.3 is 20.0 Å². The van der Waals surface area contributed by atoms with Crippen LogP contribution in [0, 0.1) is 12.8 Å². The van der Waals surface area contributed by atoms with Crippen LogP contribution in [0.25, 0.3) is 11.0 Å². The molecule has 3 heterocycles. The smallest absolute Gasteiger partial charge is 0.290 e. The van der Waals surface area contributed by atoms with E-state index in [4.69, 9.17) is 4.42 Å². The number of rotatable bonds is 4. The molecule has 7 heteroatoms. The first-order chi connectivity index (χ1) is 14.0. The van der Waals surface area contributed by atoms with E-state index in [0.29, 0.717) is 36.2 Å². The Morgan fingerprint density at radius 3 is 2.86 bits per heavy atom. The fourth-order valence-electron chi connectivity index (χ4n) is 4.28. The van der Waals surface area contributed by atoms with Gasteiger partial charge in [0.25, 0.3) is 5.91 Å². The molecule has 2 aliphatic rings. The Labute approximate surface area is 169 Å². The van der Waals surface area contributed by atoms with Crippen molar-refractivity contribution in [2.75, 3.05) is 26.2 Å². The van der Waals surface area contributed by atoms with Crippen molar-refractivity contribution in [2.45, 2.75) is 38.6 Å². The molecule has 7 nitrogen and oxygen atoms in total. The quantitative estimate of drug-likeness (QED) is 0.821. The van der Waals surface area contributed by atoms with Crippen LogP contribution in [0.5, 0.6) is 0 Å². The molecule has 2 fully saturated rings. The number of para-hydroxylation sites is 1. The van der Waals surface area contributed by atoms with Crippen molar-refractivity contribution in [1.82, 2.24) is 15.5 Å². The molecule has 0 bridgehead atoms. The number of piperidine rings is 1. The van der Waals surface area contributed by atoms with E-state index in [1.54, 1.807) is 36.1 Å². The van der Waals surface area contributed by atoms with Crippen LogP contribution in [0.1, 0.15) is 41.8 Å². The first-order valence-corrected chi connectivity index (χ1v) is 10.4. The van der Waals surface area contributed by atoms with E-state index in [2.05, 4.69) is 10.6 Å². The van der Waals surface area contributed by atoms with Crippen molar-refractivity contribution in [3.05, 3.63) is 45.8 Å². The summed E-state index contributed by atoms with van der Waals surface area (Å²) >= 11 is 0. The molecular weight excluding hydrogens is 370 g/mol. The summed E-state index contributed by atoms with van der Waals surface area (Å²) in [7, 11) is 0. The molecular formula is C22H27N3O4. The molecule has 4 rings (SSSR count). The van der Waals surface area contributed by atoms with Gasteiger partial charge in [0.15, 0.2) is 11.2 Å². The zero-order chi connectivity index (χ0) is 20.4. The zero-order valence-electron chi connectivity index (χ0n) is 16.7. The molecule has 29 heavy (non-hydrogen) atoms. The van der Waals surface area contributed by atoms with Crippen LogP contribution >= 0.6 is 0 Å². The highest BCUT2D eigenvalue weighted by Gasteiger charge is 2.29. The predicted molar refractivity (Wildman–Crippen MR) is 110 cm³/mol. The van der Waals surface area contributed by atoms with E-state index < -0.39 is 0 Å². The Morgan fingerprint density at radius 2 is 2.07 bits per heavy atom. The second-order valence-corrected chi connectivity index (χ2v) is 8.03. The summed E-state index contributed by atoms with van der Waals surface area (Å²) in [6, 6.07) is 6.89. The minimum absolute atomic E-state index is 0.0438. The Hall–Kier alpha value is -2.67. The highest BCUT2D eigenvalue weighted by molar-refractivity contribution is 5.94. The lowest BCUT2D eigenvalue weighted by Gasteiger charge is -2.33. The van der Waals surface area contributed by atoms with Gasteiger partial charge in [-0.15, -0.1) is 0 Å². The standard InChI is InChI=1S/C22H27N3O4/c1-14-19(26)16-7-2-3-9-18(16)29-20(14)22(28)25-11-5-6-15(13-25)12-24-21(27)17-8-4-10-23-17/h2-3,7,9,15,17,23H,4-6,8,10-13H2,1H3,(H,24,27). The Balaban J connectivity index is 1.45. The normalized spacial score (nSPS) is 22.0. The maximum Gasteiger partial charge on any atom is 0.290 e. The second-order valence-electron chi connectivity index (χ2n) is 8.03. The molecule has 0 radical (unpaired) electrons. The van der Waals surface area contributed by atoms with Gasteiger partial charge in [-0.25, -0.2) is 0 Å². The fraction of sp³-hybridized carbons (Fsp3) is 0.500. The van der Waals surface area contributed by atoms with Crippen LogP contribution in [-0.4, -0.2) is 48.9 Å². The number of benzene rings is 1. The zero-order valence-corrected chi connectivity index (χ0v) is 16.7. The maximum absolute atomic E-state index is 13.1. The summed E-state index contributed by atoms with van der Waals surface area (Å²) < 4.78 is 5.82. The Morgan fingerprint density at radius 1 is 1.24 bits per heavy atom. The average Bonchev–Trinajstić information content (AvgIpc) is 3.29. The minimum Gasteiger partial charge on any atom is -0.450 e. The summed E-state index contributed by atoms with van der Waals surface area (Å²) in [5.74, 6) is 0.111. The van der Waals surface area contributed by atoms with E-state index in [1.165, 1.54) is 0 Å². The van der Waals surface area contributed by atoms with Crippen LogP contribution in [0.15, 0.2) is 33.5 Å². The molecule has 1 aromatic carbocycles. The number of nitrogens with zero attached hydrogens (tertiary/aromatic N) is 1. The van der Waals surface area contributed by atoms with Crippen molar-refractivity contribution < 1.29 is 14.0 Å². The lowest BCUT2D eigenvalue weighted by Crippen LogP contribution is -2.47. The van der Waals surface area contributed by atoms with E-state index in [0.717, 1.165) is 32.2 Å². The SMILES string of the molecule is Cc1c(C(=O)N2CCCC(CNC(=O)C3CCCN3)C2)oc2ccccc2c1=O. The predicted octanol–water partition coefficient (Wildman–Crippen LogP) is 1.82. The first-order valence-electron chi connectivity index (χ1n) is 10.4. The van der Waals surface area contributed by atoms with Crippen LogP contribution in [0.4, 0.5) is 0 Å². The van der Waals surface area contributed by atoms with E-state index >= 15 is 0 Å². The summed E-state index contributed by atoms with van der Waals surface area (Å²) in [5, 5.41) is 6.71. The third-order valence-corrected chi connectivity index (χ3v) is 5.97. The van der Waals surface area contributed by atoms with Crippen molar-refractivity contribution in [3.8, 4) is 0 Å². The second kappa shape index (κ2) is 8.37. The number of carbonyl (C=O) groups excluding carboxylic acids is 2. The summed E-state index contributed by atoms with van der Waals surface area (Å²) in [6.07, 6.45) is 3.73.